The van der Waals surface area contributed by atoms with E-state index in [1.807, 2.05) is 35.4 Å². The molecule has 1 aromatic heterocycles. The van der Waals surface area contributed by atoms with Crippen LogP contribution in [0.3, 0.4) is 0 Å². The molecule has 226 valence electrons. The maximum Gasteiger partial charge on any atom is 0.416 e. The van der Waals surface area contributed by atoms with Crippen molar-refractivity contribution in [3.8, 4) is 11.5 Å². The molecule has 0 radical (unpaired) electrons. The number of ether oxygens (including phenoxy) is 2. The standard InChI is InChI=1S/C31H32F3N5O4/c1-42-23-10-11-26(28(18-23)43-2)36-30(41)37-27(16-20-19-35-25-9-4-3-8-24(20)25)29(40)39-14-12-38(13-15-39)22-7-5-6-21(17-22)31(32,33)34/h3-11,17-19,27,35H,12-16H2,1-2H3,(H2,36,37,41). The number of alkyl halides is 3. The third-order valence-corrected chi connectivity index (χ3v) is 7.49. The van der Waals surface area contributed by atoms with Crippen molar-refractivity contribution in [1.82, 2.24) is 15.2 Å². The van der Waals surface area contributed by atoms with Crippen LogP contribution in [0, 0.1) is 0 Å². The van der Waals surface area contributed by atoms with Crippen LogP contribution in [0.4, 0.5) is 29.3 Å². The highest BCUT2D eigenvalue weighted by Gasteiger charge is 2.33. The second-order valence-electron chi connectivity index (χ2n) is 10.1. The molecule has 0 aliphatic carbocycles. The zero-order valence-electron chi connectivity index (χ0n) is 23.7. The van der Waals surface area contributed by atoms with E-state index >= 15 is 0 Å². The molecule has 3 aromatic carbocycles. The number of amides is 3. The number of carbonyl (C=O) groups excluding carboxylic acids is 2. The number of methoxy groups -OCH3 is 2. The Morgan fingerprint density at radius 2 is 1.72 bits per heavy atom. The molecular formula is C31H32F3N5O4. The van der Waals surface area contributed by atoms with Gasteiger partial charge >= 0.3 is 12.2 Å². The summed E-state index contributed by atoms with van der Waals surface area (Å²) in [7, 11) is 3.00. The lowest BCUT2D eigenvalue weighted by atomic mass is 10.0. The van der Waals surface area contributed by atoms with Gasteiger partial charge in [-0.2, -0.15) is 13.2 Å². The fourth-order valence-corrected chi connectivity index (χ4v) is 5.22. The van der Waals surface area contributed by atoms with E-state index in [4.69, 9.17) is 9.47 Å². The number of piperazine rings is 1. The molecule has 1 aliphatic heterocycles. The van der Waals surface area contributed by atoms with E-state index in [9.17, 15) is 22.8 Å². The first-order valence-electron chi connectivity index (χ1n) is 13.7. The van der Waals surface area contributed by atoms with Crippen molar-refractivity contribution >= 4 is 34.2 Å². The van der Waals surface area contributed by atoms with Gasteiger partial charge in [0, 0.05) is 61.5 Å². The summed E-state index contributed by atoms with van der Waals surface area (Å²) >= 11 is 0. The molecule has 1 unspecified atom stereocenters. The second-order valence-corrected chi connectivity index (χ2v) is 10.1. The minimum Gasteiger partial charge on any atom is -0.497 e. The van der Waals surface area contributed by atoms with Crippen molar-refractivity contribution in [2.24, 2.45) is 0 Å². The SMILES string of the molecule is COc1ccc(NC(=O)NC(Cc2c[nH]c3ccccc23)C(=O)N2CCN(c3cccc(C(F)(F)F)c3)CC2)c(OC)c1. The van der Waals surface area contributed by atoms with Crippen molar-refractivity contribution < 1.29 is 32.2 Å². The average molecular weight is 596 g/mol. The number of hydrogen-bond acceptors (Lipinski definition) is 5. The first-order valence-corrected chi connectivity index (χ1v) is 13.7. The molecule has 1 aliphatic rings. The third kappa shape index (κ3) is 6.79. The number of anilines is 2. The van der Waals surface area contributed by atoms with Crippen LogP contribution >= 0.6 is 0 Å². The maximum atomic E-state index is 13.8. The van der Waals surface area contributed by atoms with E-state index in [0.29, 0.717) is 36.0 Å². The van der Waals surface area contributed by atoms with Crippen LogP contribution in [-0.4, -0.2) is 68.3 Å². The number of urea groups is 1. The van der Waals surface area contributed by atoms with Crippen LogP contribution in [0.25, 0.3) is 10.9 Å². The molecule has 0 saturated carbocycles. The lowest BCUT2D eigenvalue weighted by Crippen LogP contribution is -2.56. The van der Waals surface area contributed by atoms with Crippen LogP contribution in [0.5, 0.6) is 11.5 Å². The minimum atomic E-state index is -4.44. The largest absolute Gasteiger partial charge is 0.497 e. The van der Waals surface area contributed by atoms with Gasteiger partial charge in [0.05, 0.1) is 25.5 Å². The molecular weight excluding hydrogens is 563 g/mol. The van der Waals surface area contributed by atoms with Crippen LogP contribution in [0.1, 0.15) is 11.1 Å². The Kier molecular flexibility index (Phi) is 8.65. The van der Waals surface area contributed by atoms with Crippen LogP contribution < -0.4 is 25.0 Å². The summed E-state index contributed by atoms with van der Waals surface area (Å²) in [6.07, 6.45) is -2.39. The zero-order chi connectivity index (χ0) is 30.6. The highest BCUT2D eigenvalue weighted by Crippen LogP contribution is 2.32. The summed E-state index contributed by atoms with van der Waals surface area (Å²) < 4.78 is 50.3. The predicted molar refractivity (Wildman–Crippen MR) is 158 cm³/mol. The molecule has 1 atom stereocenters. The predicted octanol–water partition coefficient (Wildman–Crippen LogP) is 5.29. The van der Waals surface area contributed by atoms with E-state index in [2.05, 4.69) is 15.6 Å². The molecule has 9 nitrogen and oxygen atoms in total. The van der Waals surface area contributed by atoms with Crippen LogP contribution in [0.15, 0.2) is 72.9 Å². The molecule has 0 spiro atoms. The van der Waals surface area contributed by atoms with E-state index < -0.39 is 23.8 Å². The van der Waals surface area contributed by atoms with Gasteiger partial charge in [-0.05, 0) is 42.0 Å². The lowest BCUT2D eigenvalue weighted by molar-refractivity contribution is -0.137. The Balaban J connectivity index is 1.32. The number of nitrogens with one attached hydrogen (secondary N) is 3. The number of nitrogens with zero attached hydrogens (tertiary/aromatic N) is 2. The summed E-state index contributed by atoms with van der Waals surface area (Å²) in [6.45, 7) is 1.27. The van der Waals surface area contributed by atoms with E-state index in [-0.39, 0.29) is 25.4 Å². The quantitative estimate of drug-likeness (QED) is 0.257. The number of rotatable bonds is 8. The first kappa shape index (κ1) is 29.6. The third-order valence-electron chi connectivity index (χ3n) is 7.49. The Morgan fingerprint density at radius 3 is 2.44 bits per heavy atom. The van der Waals surface area contributed by atoms with Gasteiger partial charge in [-0.3, -0.25) is 4.79 Å². The average Bonchev–Trinajstić information content (AvgIpc) is 3.43. The van der Waals surface area contributed by atoms with E-state index in [1.165, 1.54) is 20.3 Å². The molecule has 1 fully saturated rings. The molecule has 4 aromatic rings. The van der Waals surface area contributed by atoms with E-state index in [1.54, 1.807) is 29.2 Å². The van der Waals surface area contributed by atoms with Crippen molar-refractivity contribution in [2.45, 2.75) is 18.6 Å². The summed E-state index contributed by atoms with van der Waals surface area (Å²) in [5.74, 6) is 0.657. The smallest absolute Gasteiger partial charge is 0.416 e. The summed E-state index contributed by atoms with van der Waals surface area (Å²) in [5.41, 5.74) is 1.90. The van der Waals surface area contributed by atoms with Gasteiger partial charge in [-0.25, -0.2) is 4.79 Å². The van der Waals surface area contributed by atoms with Gasteiger partial charge in [-0.15, -0.1) is 0 Å². The van der Waals surface area contributed by atoms with Gasteiger partial charge in [-0.1, -0.05) is 24.3 Å². The Bertz CT molecular complexity index is 1600. The molecule has 43 heavy (non-hydrogen) atoms. The summed E-state index contributed by atoms with van der Waals surface area (Å²) in [6, 6.07) is 16.3. The molecule has 2 heterocycles. The fraction of sp³-hybridized carbons (Fsp3) is 0.290. The highest BCUT2D eigenvalue weighted by atomic mass is 19.4. The number of carbonyl (C=O) groups is 2. The van der Waals surface area contributed by atoms with Gasteiger partial charge in [0.15, 0.2) is 0 Å². The Hall–Kier alpha value is -4.87. The molecule has 3 amide bonds. The second kappa shape index (κ2) is 12.6. The number of aromatic amines is 1. The lowest BCUT2D eigenvalue weighted by Gasteiger charge is -2.38. The van der Waals surface area contributed by atoms with Gasteiger partial charge in [0.1, 0.15) is 17.5 Å². The van der Waals surface area contributed by atoms with Gasteiger partial charge < -0.3 is 34.9 Å². The number of aromatic nitrogens is 1. The van der Waals surface area contributed by atoms with E-state index in [0.717, 1.165) is 28.6 Å². The van der Waals surface area contributed by atoms with Gasteiger partial charge in [0.2, 0.25) is 5.91 Å². The summed E-state index contributed by atoms with van der Waals surface area (Å²) in [5, 5.41) is 6.53. The first-order chi connectivity index (χ1) is 20.7. The summed E-state index contributed by atoms with van der Waals surface area (Å²) in [4.78, 5) is 33.7. The normalized spacial score (nSPS) is 14.3. The molecule has 3 N–H and O–H groups in total. The number of benzene rings is 3. The Labute approximate surface area is 246 Å². The van der Waals surface area contributed by atoms with Crippen molar-refractivity contribution in [3.05, 3.63) is 84.1 Å². The van der Waals surface area contributed by atoms with Crippen LogP contribution in [0.2, 0.25) is 0 Å². The molecule has 0 bridgehead atoms. The number of fused-ring (bicyclic) bond motifs is 1. The van der Waals surface area contributed by atoms with Crippen LogP contribution in [-0.2, 0) is 17.4 Å². The number of para-hydroxylation sites is 1. The zero-order valence-corrected chi connectivity index (χ0v) is 23.7. The van der Waals surface area contributed by atoms with Crippen molar-refractivity contribution in [2.75, 3.05) is 50.6 Å². The Morgan fingerprint density at radius 1 is 0.953 bits per heavy atom. The molecule has 5 rings (SSSR count). The van der Waals surface area contributed by atoms with Gasteiger partial charge in [0.25, 0.3) is 0 Å². The van der Waals surface area contributed by atoms with Crippen molar-refractivity contribution in [1.29, 1.82) is 0 Å². The number of hydrogen-bond donors (Lipinski definition) is 3. The number of halogens is 3. The minimum absolute atomic E-state index is 0.226. The number of H-pyrrole nitrogens is 1. The monoisotopic (exact) mass is 595 g/mol. The molecule has 12 heteroatoms. The highest BCUT2D eigenvalue weighted by molar-refractivity contribution is 5.95. The molecule has 1 saturated heterocycles. The maximum absolute atomic E-state index is 13.8. The topological polar surface area (TPSA) is 98.9 Å². The van der Waals surface area contributed by atoms with Crippen molar-refractivity contribution in [3.63, 3.8) is 0 Å². The fourth-order valence-electron chi connectivity index (χ4n) is 5.22.